The van der Waals surface area contributed by atoms with E-state index in [1.807, 2.05) is 0 Å². The fraction of sp³-hybridized carbons (Fsp3) is 0. The van der Waals surface area contributed by atoms with Gasteiger partial charge in [-0.05, 0) is 72.8 Å². The average Bonchev–Trinajstić information content (AvgIpc) is 3.28. The van der Waals surface area contributed by atoms with Crippen LogP contribution in [0, 0.1) is 0 Å². The standard InChI is InChI=1S/C50H24O10/c51-45-29-21-33(57-25-13-5-1-6-14-25)39-40-34(58-26-15-7-2-8-16-26)22-31-38-32(48(54)50(56)47(31)53)24-36(60-28-19-11-4-12-20-28)42(44(38)40)41-35(59-27-17-9-3-10-18-27)23-30(37(29)43(39)41)46(52)49(45)55/h1-24H. The second kappa shape index (κ2) is 13.0. The molecule has 0 atom stereocenters. The van der Waals surface area contributed by atoms with Crippen molar-refractivity contribution in [2.24, 2.45) is 0 Å². The molecule has 9 aromatic carbocycles. The summed E-state index contributed by atoms with van der Waals surface area (Å²) in [6.45, 7) is 0. The summed E-state index contributed by atoms with van der Waals surface area (Å²) in [4.78, 5) is 83.0. The predicted octanol–water partition coefficient (Wildman–Crippen LogP) is 10.8. The molecule has 10 nitrogen and oxygen atoms in total. The van der Waals surface area contributed by atoms with Gasteiger partial charge < -0.3 is 18.9 Å². The topological polar surface area (TPSA) is 139 Å². The molecule has 2 aliphatic carbocycles. The van der Waals surface area contributed by atoms with Crippen molar-refractivity contribution in [1.29, 1.82) is 0 Å². The van der Waals surface area contributed by atoms with Crippen LogP contribution >= 0.6 is 0 Å². The molecule has 60 heavy (non-hydrogen) atoms. The van der Waals surface area contributed by atoms with Gasteiger partial charge in [-0.3, -0.25) is 28.8 Å². The quantitative estimate of drug-likeness (QED) is 0.0831. The molecule has 0 N–H and O–H groups in total. The first-order valence-electron chi connectivity index (χ1n) is 18.8. The van der Waals surface area contributed by atoms with Gasteiger partial charge >= 0.3 is 0 Å². The van der Waals surface area contributed by atoms with Crippen molar-refractivity contribution in [2.45, 2.75) is 0 Å². The molecule has 9 aromatic rings. The maximum absolute atomic E-state index is 14.0. The van der Waals surface area contributed by atoms with Crippen molar-refractivity contribution in [2.75, 3.05) is 0 Å². The van der Waals surface area contributed by atoms with Crippen molar-refractivity contribution in [1.82, 2.24) is 0 Å². The number of Topliss-reactive ketones (excluding diaryl/α,β-unsaturated/α-hetero) is 6. The van der Waals surface area contributed by atoms with Gasteiger partial charge in [0.1, 0.15) is 46.0 Å². The molecule has 0 heterocycles. The second-order valence-electron chi connectivity index (χ2n) is 14.3. The van der Waals surface area contributed by atoms with Crippen LogP contribution in [0.3, 0.4) is 0 Å². The van der Waals surface area contributed by atoms with Gasteiger partial charge in [0.25, 0.3) is 11.6 Å². The molecule has 11 rings (SSSR count). The van der Waals surface area contributed by atoms with Gasteiger partial charge in [0, 0.05) is 65.3 Å². The largest absolute Gasteiger partial charge is 0.457 e. The average molecular weight is 785 g/mol. The molecule has 0 spiro atoms. The van der Waals surface area contributed by atoms with E-state index in [0.29, 0.717) is 44.5 Å². The molecule has 0 unspecified atom stereocenters. The number of carbonyl (C=O) groups is 6. The number of hydrogen-bond acceptors (Lipinski definition) is 10. The predicted molar refractivity (Wildman–Crippen MR) is 221 cm³/mol. The van der Waals surface area contributed by atoms with Crippen molar-refractivity contribution in [3.05, 3.63) is 168 Å². The highest BCUT2D eigenvalue weighted by Gasteiger charge is 2.42. The number of rotatable bonds is 8. The number of benzene rings is 9. The summed E-state index contributed by atoms with van der Waals surface area (Å²) >= 11 is 0. The fourth-order valence-corrected chi connectivity index (χ4v) is 8.36. The zero-order valence-corrected chi connectivity index (χ0v) is 30.9. The third-order valence-corrected chi connectivity index (χ3v) is 10.9. The third-order valence-electron chi connectivity index (χ3n) is 10.9. The molecule has 0 amide bonds. The molecule has 0 radical (unpaired) electrons. The monoisotopic (exact) mass is 784 g/mol. The molecule has 0 aliphatic heterocycles. The van der Waals surface area contributed by atoms with E-state index < -0.39 is 34.7 Å². The van der Waals surface area contributed by atoms with E-state index in [9.17, 15) is 28.8 Å². The summed E-state index contributed by atoms with van der Waals surface area (Å²) in [6, 6.07) is 40.7. The number of para-hydroxylation sites is 4. The minimum absolute atomic E-state index is 0.0761. The Balaban J connectivity index is 1.44. The summed E-state index contributed by atoms with van der Waals surface area (Å²) in [5.41, 5.74) is -0.304. The highest BCUT2D eigenvalue weighted by Crippen LogP contribution is 2.57. The van der Waals surface area contributed by atoms with E-state index in [1.165, 1.54) is 24.3 Å². The zero-order valence-electron chi connectivity index (χ0n) is 30.9. The number of carbonyl (C=O) groups excluding carboxylic acids is 6. The second-order valence-corrected chi connectivity index (χ2v) is 14.3. The van der Waals surface area contributed by atoms with Crippen LogP contribution in [0.15, 0.2) is 146 Å². The molecule has 284 valence electrons. The lowest BCUT2D eigenvalue weighted by Crippen LogP contribution is -2.30. The Morgan fingerprint density at radius 2 is 0.450 bits per heavy atom. The van der Waals surface area contributed by atoms with Gasteiger partial charge in [-0.2, -0.15) is 0 Å². The number of hydrogen-bond donors (Lipinski definition) is 0. The highest BCUT2D eigenvalue weighted by atomic mass is 16.5. The molecular formula is C50H24O10. The van der Waals surface area contributed by atoms with Crippen molar-refractivity contribution in [3.8, 4) is 46.0 Å². The van der Waals surface area contributed by atoms with Crippen LogP contribution in [0.1, 0.15) is 41.4 Å². The number of ketones is 6. The van der Waals surface area contributed by atoms with Crippen LogP contribution in [-0.2, 0) is 9.59 Å². The van der Waals surface area contributed by atoms with Gasteiger partial charge in [-0.25, -0.2) is 0 Å². The minimum Gasteiger partial charge on any atom is -0.457 e. The normalized spacial score (nSPS) is 13.5. The van der Waals surface area contributed by atoms with Crippen LogP contribution in [0.4, 0.5) is 0 Å². The summed E-state index contributed by atoms with van der Waals surface area (Å²) in [6.07, 6.45) is 0. The van der Waals surface area contributed by atoms with Crippen molar-refractivity contribution < 1.29 is 47.7 Å². The van der Waals surface area contributed by atoms with Gasteiger partial charge in [-0.15, -0.1) is 0 Å². The molecule has 0 bridgehead atoms. The minimum atomic E-state index is -1.22. The Hall–Kier alpha value is -8.50. The highest BCUT2D eigenvalue weighted by molar-refractivity contribution is 6.75. The van der Waals surface area contributed by atoms with Crippen LogP contribution in [-0.4, -0.2) is 34.7 Å². The maximum atomic E-state index is 14.0. The van der Waals surface area contributed by atoms with E-state index >= 15 is 0 Å². The Bertz CT molecular complexity index is 2950. The van der Waals surface area contributed by atoms with Crippen LogP contribution < -0.4 is 18.9 Å². The lowest BCUT2D eigenvalue weighted by molar-refractivity contribution is -0.112. The molecule has 0 saturated carbocycles. The van der Waals surface area contributed by atoms with Gasteiger partial charge in [-0.1, -0.05) is 72.8 Å². The van der Waals surface area contributed by atoms with E-state index in [1.54, 1.807) is 121 Å². The summed E-state index contributed by atoms with van der Waals surface area (Å²) in [5.74, 6) is -4.72. The first kappa shape index (κ1) is 34.7. The van der Waals surface area contributed by atoms with Crippen LogP contribution in [0.25, 0.3) is 43.1 Å². The Labute approximate surface area is 338 Å². The zero-order chi connectivity index (χ0) is 40.8. The van der Waals surface area contributed by atoms with Crippen molar-refractivity contribution in [3.63, 3.8) is 0 Å². The SMILES string of the molecule is O=C1C(=O)c2cc(Oc3ccccc3)c3c4c(Oc5ccccc5)cc5c6c(cc(Oc7ccccc7)c(c7c(Oc8ccccc8)cc(c2c37)C1=O)c64)C(=O)C(=O)C5=O. The van der Waals surface area contributed by atoms with Crippen LogP contribution in [0.5, 0.6) is 46.0 Å². The Morgan fingerprint density at radius 3 is 0.667 bits per heavy atom. The van der Waals surface area contributed by atoms with E-state index in [0.717, 1.165) is 0 Å². The summed E-state index contributed by atoms with van der Waals surface area (Å²) < 4.78 is 26.6. The van der Waals surface area contributed by atoms with Crippen LogP contribution in [0.2, 0.25) is 0 Å². The number of fused-ring (bicyclic) bond motifs is 2. The fourth-order valence-electron chi connectivity index (χ4n) is 8.36. The maximum Gasteiger partial charge on any atom is 0.273 e. The summed E-state index contributed by atoms with van der Waals surface area (Å²) in [7, 11) is 0. The lowest BCUT2D eigenvalue weighted by Gasteiger charge is -2.27. The van der Waals surface area contributed by atoms with E-state index in [2.05, 4.69) is 0 Å². The molecule has 0 saturated heterocycles. The van der Waals surface area contributed by atoms with Gasteiger partial charge in [0.05, 0.1) is 0 Å². The van der Waals surface area contributed by atoms with Crippen molar-refractivity contribution >= 4 is 77.8 Å². The molecule has 2 aliphatic rings. The molecule has 10 heteroatoms. The first-order chi connectivity index (χ1) is 29.3. The Kier molecular flexibility index (Phi) is 7.53. The lowest BCUT2D eigenvalue weighted by atomic mass is 9.77. The molecular weight excluding hydrogens is 761 g/mol. The van der Waals surface area contributed by atoms with E-state index in [4.69, 9.17) is 18.9 Å². The van der Waals surface area contributed by atoms with E-state index in [-0.39, 0.29) is 66.8 Å². The third kappa shape index (κ3) is 5.07. The van der Waals surface area contributed by atoms with Gasteiger partial charge in [0.15, 0.2) is 0 Å². The molecule has 0 aromatic heterocycles. The summed E-state index contributed by atoms with van der Waals surface area (Å²) in [5, 5.41) is 2.08. The molecule has 0 fully saturated rings. The van der Waals surface area contributed by atoms with Gasteiger partial charge in [0.2, 0.25) is 23.1 Å². The first-order valence-corrected chi connectivity index (χ1v) is 18.8. The number of ether oxygens (including phenoxy) is 4. The smallest absolute Gasteiger partial charge is 0.273 e. The Morgan fingerprint density at radius 1 is 0.233 bits per heavy atom.